The summed E-state index contributed by atoms with van der Waals surface area (Å²) in [6.45, 7) is 8.06. The number of aliphatic imine (C=N–C) groups is 1. The highest BCUT2D eigenvalue weighted by molar-refractivity contribution is 5.97. The number of nitrogens with zero attached hydrogens (tertiary/aromatic N) is 1. The van der Waals surface area contributed by atoms with Gasteiger partial charge in [0.15, 0.2) is 17.2 Å². The molecule has 0 aliphatic heterocycles. The number of rotatable bonds is 14. The predicted octanol–water partition coefficient (Wildman–Crippen LogP) is 4.85. The molecule has 2 aromatic carbocycles. The fourth-order valence-electron chi connectivity index (χ4n) is 4.39. The van der Waals surface area contributed by atoms with Crippen molar-refractivity contribution >= 4 is 18.6 Å². The first-order valence-electron chi connectivity index (χ1n) is 12.7. The number of carbonyl (C=O) groups excluding carboxylic acids is 2. The standard InChI is InChI=1S/C30H36F2N2O7/c1-8-25(40-7)28(35)27(33-4)29(36)34-17(2)30(37)41-18(3)26(23-11-9-21(31)13-19(23)15-38-5)24-12-10-22(32)14-20(24)16-39-6/h8-14,17-18,26,35H,4,15-16H2,1-3,5-7H3,(H,34,36)/b25-8+,28-27+/t17-,18-/m0/s1. The molecule has 0 aliphatic rings. The Hall–Kier alpha value is -4.09. The van der Waals surface area contributed by atoms with E-state index in [-0.39, 0.29) is 19.0 Å². The third-order valence-electron chi connectivity index (χ3n) is 6.27. The van der Waals surface area contributed by atoms with Gasteiger partial charge in [0.2, 0.25) is 0 Å². The van der Waals surface area contributed by atoms with Crippen molar-refractivity contribution in [2.24, 2.45) is 4.99 Å². The minimum Gasteiger partial charge on any atom is -0.503 e. The van der Waals surface area contributed by atoms with Crippen LogP contribution in [0.1, 0.15) is 48.9 Å². The largest absolute Gasteiger partial charge is 0.503 e. The highest BCUT2D eigenvalue weighted by Crippen LogP contribution is 2.36. The first-order valence-corrected chi connectivity index (χ1v) is 12.7. The molecule has 0 fully saturated rings. The van der Waals surface area contributed by atoms with Gasteiger partial charge in [0.05, 0.1) is 20.3 Å². The topological polar surface area (TPSA) is 116 Å². The molecule has 0 aromatic heterocycles. The number of nitrogens with one attached hydrogen (secondary N) is 1. The lowest BCUT2D eigenvalue weighted by atomic mass is 9.82. The molecule has 0 spiro atoms. The molecule has 0 bridgehead atoms. The average Bonchev–Trinajstić information content (AvgIpc) is 2.92. The van der Waals surface area contributed by atoms with Crippen LogP contribution < -0.4 is 5.32 Å². The Balaban J connectivity index is 2.46. The molecule has 2 atom stereocenters. The van der Waals surface area contributed by atoms with E-state index < -0.39 is 53.0 Å². The molecule has 2 aromatic rings. The second-order valence-electron chi connectivity index (χ2n) is 9.08. The molecule has 0 unspecified atom stereocenters. The van der Waals surface area contributed by atoms with Gasteiger partial charge in [0.1, 0.15) is 23.8 Å². The zero-order valence-electron chi connectivity index (χ0n) is 24.0. The van der Waals surface area contributed by atoms with Gasteiger partial charge in [-0.2, -0.15) is 0 Å². The maximum atomic E-state index is 14.2. The fraction of sp³-hybridized carbons (Fsp3) is 0.367. The molecule has 2 N–H and O–H groups in total. The summed E-state index contributed by atoms with van der Waals surface area (Å²) in [6, 6.07) is 7.15. The van der Waals surface area contributed by atoms with Crippen LogP contribution >= 0.6 is 0 Å². The lowest BCUT2D eigenvalue weighted by Gasteiger charge is -2.29. The SMILES string of the molecule is C=N/C(C(=O)N[C@@H](C)C(=O)O[C@@H](C)C(c1ccc(F)cc1COC)c1ccc(F)cc1COC)=C(O)\C(=C/C)OC. The van der Waals surface area contributed by atoms with Crippen molar-refractivity contribution in [3.8, 4) is 0 Å². The summed E-state index contributed by atoms with van der Waals surface area (Å²) >= 11 is 0. The summed E-state index contributed by atoms with van der Waals surface area (Å²) in [6.07, 6.45) is 0.543. The van der Waals surface area contributed by atoms with Crippen molar-refractivity contribution in [2.45, 2.75) is 52.0 Å². The van der Waals surface area contributed by atoms with Gasteiger partial charge in [-0.25, -0.2) is 13.6 Å². The Bertz CT molecular complexity index is 1250. The van der Waals surface area contributed by atoms with Crippen LogP contribution in [0.15, 0.2) is 64.7 Å². The lowest BCUT2D eigenvalue weighted by Crippen LogP contribution is -2.42. The molecule has 0 heterocycles. The van der Waals surface area contributed by atoms with Gasteiger partial charge in [-0.3, -0.25) is 9.79 Å². The summed E-state index contributed by atoms with van der Waals surface area (Å²) in [5.74, 6) is -3.89. The first-order chi connectivity index (χ1) is 19.5. The van der Waals surface area contributed by atoms with E-state index in [0.29, 0.717) is 22.3 Å². The monoisotopic (exact) mass is 574 g/mol. The average molecular weight is 575 g/mol. The quantitative estimate of drug-likeness (QED) is 0.109. The third kappa shape index (κ3) is 8.45. The van der Waals surface area contributed by atoms with Crippen LogP contribution in [0.4, 0.5) is 8.78 Å². The van der Waals surface area contributed by atoms with Crippen LogP contribution in [0.2, 0.25) is 0 Å². The number of allylic oxidation sites excluding steroid dienone is 1. The summed E-state index contributed by atoms with van der Waals surface area (Å²) in [5.41, 5.74) is 1.76. The van der Waals surface area contributed by atoms with E-state index in [9.17, 15) is 23.5 Å². The molecular formula is C30H36F2N2O7. The number of aliphatic hydroxyl groups excluding tert-OH is 1. The lowest BCUT2D eigenvalue weighted by molar-refractivity contribution is -0.152. The second kappa shape index (κ2) is 15.6. The molecule has 0 saturated heterocycles. The number of amides is 1. The van der Waals surface area contributed by atoms with Crippen molar-refractivity contribution in [2.75, 3.05) is 21.3 Å². The Morgan fingerprint density at radius 1 is 1.00 bits per heavy atom. The molecule has 41 heavy (non-hydrogen) atoms. The zero-order chi connectivity index (χ0) is 30.7. The van der Waals surface area contributed by atoms with Crippen LogP contribution in [0.3, 0.4) is 0 Å². The van der Waals surface area contributed by atoms with E-state index in [1.165, 1.54) is 58.6 Å². The van der Waals surface area contributed by atoms with Crippen LogP contribution in [0.5, 0.6) is 0 Å². The van der Waals surface area contributed by atoms with Crippen LogP contribution in [-0.2, 0) is 41.8 Å². The first kappa shape index (κ1) is 33.1. The minimum absolute atomic E-state index is 0.00781. The van der Waals surface area contributed by atoms with Gasteiger partial charge in [0, 0.05) is 20.1 Å². The normalized spacial score (nSPS) is 13.7. The number of hydrogen-bond acceptors (Lipinski definition) is 8. The number of hydrogen-bond donors (Lipinski definition) is 2. The number of esters is 1. The van der Waals surface area contributed by atoms with E-state index in [4.69, 9.17) is 18.9 Å². The summed E-state index contributed by atoms with van der Waals surface area (Å²) in [7, 11) is 4.24. The summed E-state index contributed by atoms with van der Waals surface area (Å²) in [4.78, 5) is 29.5. The van der Waals surface area contributed by atoms with Crippen molar-refractivity contribution in [3.63, 3.8) is 0 Å². The summed E-state index contributed by atoms with van der Waals surface area (Å²) in [5, 5.41) is 12.8. The van der Waals surface area contributed by atoms with Crippen LogP contribution in [0.25, 0.3) is 0 Å². The van der Waals surface area contributed by atoms with Gasteiger partial charge in [0.25, 0.3) is 5.91 Å². The van der Waals surface area contributed by atoms with Gasteiger partial charge < -0.3 is 29.4 Å². The number of halogens is 2. The number of ether oxygens (including phenoxy) is 4. The molecule has 2 rings (SSSR count). The van der Waals surface area contributed by atoms with Gasteiger partial charge >= 0.3 is 5.97 Å². The van der Waals surface area contributed by atoms with Crippen molar-refractivity contribution in [1.82, 2.24) is 5.32 Å². The van der Waals surface area contributed by atoms with E-state index in [1.807, 2.05) is 0 Å². The highest BCUT2D eigenvalue weighted by Gasteiger charge is 2.31. The van der Waals surface area contributed by atoms with E-state index in [0.717, 1.165) is 0 Å². The maximum Gasteiger partial charge on any atom is 0.328 e. The number of aliphatic hydroxyl groups is 1. The molecule has 9 nitrogen and oxygen atoms in total. The molecule has 0 aliphatic carbocycles. The van der Waals surface area contributed by atoms with Crippen LogP contribution in [0, 0.1) is 11.6 Å². The fourth-order valence-corrected chi connectivity index (χ4v) is 4.39. The molecule has 0 saturated carbocycles. The Morgan fingerprint density at radius 3 is 1.93 bits per heavy atom. The van der Waals surface area contributed by atoms with Crippen LogP contribution in [-0.4, -0.2) is 57.2 Å². The molecule has 11 heteroatoms. The zero-order valence-corrected chi connectivity index (χ0v) is 24.0. The third-order valence-corrected chi connectivity index (χ3v) is 6.27. The predicted molar refractivity (Wildman–Crippen MR) is 149 cm³/mol. The van der Waals surface area contributed by atoms with Gasteiger partial charge in [-0.05, 0) is 80.1 Å². The van der Waals surface area contributed by atoms with Crippen molar-refractivity contribution in [1.29, 1.82) is 0 Å². The number of benzene rings is 2. The van der Waals surface area contributed by atoms with E-state index >= 15 is 0 Å². The highest BCUT2D eigenvalue weighted by atomic mass is 19.1. The van der Waals surface area contributed by atoms with E-state index in [1.54, 1.807) is 26.0 Å². The molecule has 1 amide bonds. The van der Waals surface area contributed by atoms with Gasteiger partial charge in [-0.15, -0.1) is 0 Å². The Morgan fingerprint density at radius 2 is 1.51 bits per heavy atom. The van der Waals surface area contributed by atoms with Gasteiger partial charge in [-0.1, -0.05) is 12.1 Å². The van der Waals surface area contributed by atoms with Crippen molar-refractivity contribution in [3.05, 3.63) is 93.6 Å². The molecule has 222 valence electrons. The molecule has 0 radical (unpaired) electrons. The number of methoxy groups -OCH3 is 3. The second-order valence-corrected chi connectivity index (χ2v) is 9.08. The van der Waals surface area contributed by atoms with Crippen molar-refractivity contribution < 1.29 is 42.4 Å². The maximum absolute atomic E-state index is 14.2. The Kier molecular flexibility index (Phi) is 12.6. The molecular weight excluding hydrogens is 538 g/mol. The van der Waals surface area contributed by atoms with E-state index in [2.05, 4.69) is 17.0 Å². The Labute approximate surface area is 238 Å². The number of carbonyl (C=O) groups is 2. The summed E-state index contributed by atoms with van der Waals surface area (Å²) < 4.78 is 49.7. The minimum atomic E-state index is -1.18. The smallest absolute Gasteiger partial charge is 0.328 e.